The molecule has 0 saturated heterocycles. The number of halogens is 4. The van der Waals surface area contributed by atoms with Gasteiger partial charge >= 0.3 is 6.18 Å². The number of alkyl halides is 3. The third-order valence-corrected chi connectivity index (χ3v) is 4.89. The van der Waals surface area contributed by atoms with E-state index in [4.69, 9.17) is 4.74 Å². The summed E-state index contributed by atoms with van der Waals surface area (Å²) in [6.45, 7) is 4.09. The monoisotopic (exact) mass is 463 g/mol. The molecule has 3 nitrogen and oxygen atoms in total. The third-order valence-electron chi connectivity index (χ3n) is 3.45. The van der Waals surface area contributed by atoms with Crippen LogP contribution >= 0.6 is 22.6 Å². The van der Waals surface area contributed by atoms with E-state index in [1.165, 1.54) is 6.07 Å². The van der Waals surface area contributed by atoms with Gasteiger partial charge in [-0.1, -0.05) is 19.1 Å². The lowest BCUT2D eigenvalue weighted by Gasteiger charge is -2.16. The van der Waals surface area contributed by atoms with Crippen LogP contribution in [0.4, 0.5) is 18.9 Å². The van der Waals surface area contributed by atoms with Gasteiger partial charge in [-0.2, -0.15) is 13.2 Å². The fourth-order valence-electron chi connectivity index (χ4n) is 2.15. The number of hydrogen-bond donors (Lipinski definition) is 1. The first-order chi connectivity index (χ1) is 11.7. The van der Waals surface area contributed by atoms with Crippen LogP contribution in [0.25, 0.3) is 0 Å². The highest BCUT2D eigenvalue weighted by Crippen LogP contribution is 2.35. The van der Waals surface area contributed by atoms with Crippen molar-refractivity contribution >= 4 is 34.2 Å². The van der Waals surface area contributed by atoms with Gasteiger partial charge in [0.2, 0.25) is 0 Å². The van der Waals surface area contributed by atoms with Crippen molar-refractivity contribution in [2.24, 2.45) is 0 Å². The van der Waals surface area contributed by atoms with Gasteiger partial charge in [-0.15, -0.1) is 0 Å². The molecule has 0 aromatic heterocycles. The van der Waals surface area contributed by atoms with Crippen molar-refractivity contribution in [3.8, 4) is 5.75 Å². The number of amides is 1. The second-order valence-corrected chi connectivity index (χ2v) is 6.53. The van der Waals surface area contributed by atoms with Crippen LogP contribution in [0.15, 0.2) is 36.4 Å². The Morgan fingerprint density at radius 2 is 1.96 bits per heavy atom. The second-order valence-electron chi connectivity index (χ2n) is 5.45. The van der Waals surface area contributed by atoms with Crippen LogP contribution in [0.1, 0.15) is 34.8 Å². The first kappa shape index (κ1) is 19.6. The Morgan fingerprint density at radius 1 is 1.24 bits per heavy atom. The van der Waals surface area contributed by atoms with Gasteiger partial charge in [0.05, 0.1) is 23.4 Å². The summed E-state index contributed by atoms with van der Waals surface area (Å²) in [7, 11) is 0. The molecule has 0 spiro atoms. The molecule has 1 amide bonds. The summed E-state index contributed by atoms with van der Waals surface area (Å²) in [6, 6.07) is 8.29. The van der Waals surface area contributed by atoms with Crippen LogP contribution in [-0.4, -0.2) is 12.5 Å². The molecule has 0 atom stereocenters. The summed E-state index contributed by atoms with van der Waals surface area (Å²) < 4.78 is 45.1. The van der Waals surface area contributed by atoms with E-state index in [1.54, 1.807) is 12.1 Å². The number of hydrogen-bond acceptors (Lipinski definition) is 2. The molecule has 134 valence electrons. The molecule has 0 heterocycles. The van der Waals surface area contributed by atoms with Gasteiger partial charge in [0.25, 0.3) is 5.91 Å². The fraction of sp³-hybridized carbons (Fsp3) is 0.278. The van der Waals surface area contributed by atoms with Crippen molar-refractivity contribution in [3.63, 3.8) is 0 Å². The van der Waals surface area contributed by atoms with Crippen molar-refractivity contribution < 1.29 is 22.7 Å². The summed E-state index contributed by atoms with van der Waals surface area (Å²) >= 11 is 2.04. The van der Waals surface area contributed by atoms with Crippen LogP contribution < -0.4 is 10.1 Å². The molecule has 2 aromatic carbocycles. The first-order valence-corrected chi connectivity index (χ1v) is 8.72. The van der Waals surface area contributed by atoms with Crippen molar-refractivity contribution in [3.05, 3.63) is 56.7 Å². The maximum absolute atomic E-state index is 13.0. The number of anilines is 1. The molecule has 0 unspecified atom stereocenters. The number of carbonyl (C=O) groups is 1. The number of nitrogens with one attached hydrogen (secondary N) is 1. The molecule has 0 aliphatic heterocycles. The summed E-state index contributed by atoms with van der Waals surface area (Å²) in [5.74, 6) is -0.264. The highest BCUT2D eigenvalue weighted by molar-refractivity contribution is 14.1. The van der Waals surface area contributed by atoms with E-state index in [1.807, 2.05) is 42.5 Å². The van der Waals surface area contributed by atoms with E-state index in [0.717, 1.165) is 21.3 Å². The molecule has 0 radical (unpaired) electrons. The van der Waals surface area contributed by atoms with E-state index < -0.39 is 17.6 Å². The Balaban J connectivity index is 2.38. The standard InChI is InChI=1S/C18H17F3INO2/c1-3-9-25-15-8-7-12(18(19,20)21)10-14(15)23-17(24)13-6-4-5-11(2)16(13)22/h4-8,10H,3,9H2,1-2H3,(H,23,24). The normalized spacial score (nSPS) is 11.3. The molecular weight excluding hydrogens is 446 g/mol. The maximum atomic E-state index is 13.0. The van der Waals surface area contributed by atoms with Crippen molar-refractivity contribution in [2.45, 2.75) is 26.4 Å². The second kappa shape index (κ2) is 8.07. The molecule has 0 bridgehead atoms. The van der Waals surface area contributed by atoms with E-state index >= 15 is 0 Å². The van der Waals surface area contributed by atoms with Gasteiger partial charge in [0, 0.05) is 3.57 Å². The molecule has 2 aromatic rings. The summed E-state index contributed by atoms with van der Waals surface area (Å²) in [4.78, 5) is 12.5. The van der Waals surface area contributed by atoms with E-state index in [-0.39, 0.29) is 11.4 Å². The number of ether oxygens (including phenoxy) is 1. The smallest absolute Gasteiger partial charge is 0.416 e. The highest BCUT2D eigenvalue weighted by Gasteiger charge is 2.31. The lowest BCUT2D eigenvalue weighted by Crippen LogP contribution is -2.16. The molecular formula is C18H17F3INO2. The number of aryl methyl sites for hydroxylation is 1. The Bertz CT molecular complexity index is 775. The number of carbonyl (C=O) groups excluding carboxylic acids is 1. The average Bonchev–Trinajstić information content (AvgIpc) is 2.55. The molecule has 25 heavy (non-hydrogen) atoms. The Morgan fingerprint density at radius 3 is 2.60 bits per heavy atom. The van der Waals surface area contributed by atoms with Gasteiger partial charge in [-0.25, -0.2) is 0 Å². The Kier molecular flexibility index (Phi) is 6.31. The molecule has 0 saturated carbocycles. The zero-order valence-corrected chi connectivity index (χ0v) is 15.9. The third kappa shape index (κ3) is 4.87. The van der Waals surface area contributed by atoms with Gasteiger partial charge < -0.3 is 10.1 Å². The molecule has 0 aliphatic carbocycles. The van der Waals surface area contributed by atoms with Crippen LogP contribution in [0.5, 0.6) is 5.75 Å². The summed E-state index contributed by atoms with van der Waals surface area (Å²) in [5, 5.41) is 2.55. The van der Waals surface area contributed by atoms with E-state index in [9.17, 15) is 18.0 Å². The quantitative estimate of drug-likeness (QED) is 0.582. The van der Waals surface area contributed by atoms with E-state index in [0.29, 0.717) is 18.6 Å². The van der Waals surface area contributed by atoms with Crippen LogP contribution in [-0.2, 0) is 6.18 Å². The predicted octanol–water partition coefficient (Wildman–Crippen LogP) is 5.66. The summed E-state index contributed by atoms with van der Waals surface area (Å²) in [6.07, 6.45) is -3.80. The molecule has 0 fully saturated rings. The topological polar surface area (TPSA) is 38.3 Å². The van der Waals surface area contributed by atoms with Crippen molar-refractivity contribution in [1.82, 2.24) is 0 Å². The molecule has 7 heteroatoms. The summed E-state index contributed by atoms with van der Waals surface area (Å²) in [5.41, 5.74) is 0.482. The zero-order valence-electron chi connectivity index (χ0n) is 13.7. The minimum absolute atomic E-state index is 0.00517. The lowest BCUT2D eigenvalue weighted by atomic mass is 10.1. The van der Waals surface area contributed by atoms with Crippen LogP contribution in [0.3, 0.4) is 0 Å². The lowest BCUT2D eigenvalue weighted by molar-refractivity contribution is -0.137. The van der Waals surface area contributed by atoms with Crippen LogP contribution in [0.2, 0.25) is 0 Å². The van der Waals surface area contributed by atoms with Gasteiger partial charge in [0.15, 0.2) is 0 Å². The van der Waals surface area contributed by atoms with Gasteiger partial charge in [0.1, 0.15) is 5.75 Å². The molecule has 1 N–H and O–H groups in total. The Labute approximate surface area is 157 Å². The SMILES string of the molecule is CCCOc1ccc(C(F)(F)F)cc1NC(=O)c1cccc(C)c1I. The van der Waals surface area contributed by atoms with E-state index in [2.05, 4.69) is 5.32 Å². The number of rotatable bonds is 5. The fourth-order valence-corrected chi connectivity index (χ4v) is 2.76. The maximum Gasteiger partial charge on any atom is 0.416 e. The highest BCUT2D eigenvalue weighted by atomic mass is 127. The minimum Gasteiger partial charge on any atom is -0.491 e. The first-order valence-electron chi connectivity index (χ1n) is 7.64. The number of benzene rings is 2. The average molecular weight is 463 g/mol. The van der Waals surface area contributed by atoms with Gasteiger partial charge in [-0.3, -0.25) is 4.79 Å². The van der Waals surface area contributed by atoms with Crippen molar-refractivity contribution in [1.29, 1.82) is 0 Å². The van der Waals surface area contributed by atoms with Gasteiger partial charge in [-0.05, 0) is 65.8 Å². The van der Waals surface area contributed by atoms with Crippen LogP contribution in [0, 0.1) is 10.5 Å². The molecule has 2 rings (SSSR count). The largest absolute Gasteiger partial charge is 0.491 e. The Hall–Kier alpha value is -1.77. The van der Waals surface area contributed by atoms with Crippen molar-refractivity contribution in [2.75, 3.05) is 11.9 Å². The minimum atomic E-state index is -4.50. The zero-order chi connectivity index (χ0) is 18.6. The molecule has 0 aliphatic rings. The predicted molar refractivity (Wildman–Crippen MR) is 99.1 cm³/mol.